The Balaban J connectivity index is 1.71. The molecular formula is C15H12ClN3O. The smallest absolute Gasteiger partial charge is 0.251 e. The maximum Gasteiger partial charge on any atom is 0.251 e. The van der Waals surface area contributed by atoms with Gasteiger partial charge in [-0.1, -0.05) is 23.7 Å². The quantitative estimate of drug-likeness (QED) is 0.804. The molecule has 0 fully saturated rings. The highest BCUT2D eigenvalue weighted by atomic mass is 35.5. The summed E-state index contributed by atoms with van der Waals surface area (Å²) in [5.41, 5.74) is 2.35. The first-order chi connectivity index (χ1) is 9.72. The van der Waals surface area contributed by atoms with Crippen molar-refractivity contribution in [3.8, 4) is 0 Å². The van der Waals surface area contributed by atoms with Crippen molar-refractivity contribution in [2.45, 2.75) is 6.54 Å². The first-order valence-electron chi connectivity index (χ1n) is 6.19. The van der Waals surface area contributed by atoms with Crippen LogP contribution in [0.5, 0.6) is 0 Å². The van der Waals surface area contributed by atoms with Crippen LogP contribution in [0.1, 0.15) is 16.1 Å². The van der Waals surface area contributed by atoms with Gasteiger partial charge in [0.05, 0.1) is 17.8 Å². The van der Waals surface area contributed by atoms with Gasteiger partial charge in [-0.25, -0.2) is 4.52 Å². The fourth-order valence-corrected chi connectivity index (χ4v) is 2.17. The van der Waals surface area contributed by atoms with Gasteiger partial charge in [0.25, 0.3) is 5.91 Å². The minimum Gasteiger partial charge on any atom is -0.346 e. The van der Waals surface area contributed by atoms with Crippen molar-refractivity contribution >= 4 is 23.0 Å². The number of carbonyl (C=O) groups is 1. The molecule has 2 heterocycles. The van der Waals surface area contributed by atoms with Crippen molar-refractivity contribution in [3.63, 3.8) is 0 Å². The van der Waals surface area contributed by atoms with Gasteiger partial charge in [0.15, 0.2) is 0 Å². The number of nitrogens with one attached hydrogen (secondary N) is 1. The molecule has 3 rings (SSSR count). The highest BCUT2D eigenvalue weighted by Gasteiger charge is 2.07. The van der Waals surface area contributed by atoms with Crippen LogP contribution in [0.3, 0.4) is 0 Å². The molecular weight excluding hydrogens is 274 g/mol. The van der Waals surface area contributed by atoms with Gasteiger partial charge in [-0.05, 0) is 36.4 Å². The van der Waals surface area contributed by atoms with Gasteiger partial charge in [0.1, 0.15) is 0 Å². The predicted octanol–water partition coefficient (Wildman–Crippen LogP) is 2.92. The van der Waals surface area contributed by atoms with Crippen LogP contribution in [-0.2, 0) is 6.54 Å². The highest BCUT2D eigenvalue weighted by molar-refractivity contribution is 6.30. The Morgan fingerprint density at radius 3 is 2.90 bits per heavy atom. The Kier molecular flexibility index (Phi) is 3.39. The van der Waals surface area contributed by atoms with E-state index < -0.39 is 0 Å². The summed E-state index contributed by atoms with van der Waals surface area (Å²) in [6, 6.07) is 14.6. The minimum atomic E-state index is -0.162. The summed E-state index contributed by atoms with van der Waals surface area (Å²) in [4.78, 5) is 12.0. The second kappa shape index (κ2) is 5.35. The molecule has 2 aromatic heterocycles. The number of carbonyl (C=O) groups excluding carboxylic acids is 1. The third-order valence-electron chi connectivity index (χ3n) is 2.94. The van der Waals surface area contributed by atoms with Gasteiger partial charge in [-0.3, -0.25) is 4.79 Å². The van der Waals surface area contributed by atoms with E-state index in [4.69, 9.17) is 11.6 Å². The maximum absolute atomic E-state index is 12.0. The van der Waals surface area contributed by atoms with Crippen LogP contribution in [0.15, 0.2) is 54.7 Å². The molecule has 0 atom stereocenters. The Morgan fingerprint density at radius 1 is 1.20 bits per heavy atom. The van der Waals surface area contributed by atoms with Crippen LogP contribution in [0.2, 0.25) is 5.02 Å². The molecule has 0 saturated carbocycles. The number of rotatable bonds is 3. The number of hydrogen-bond donors (Lipinski definition) is 1. The molecule has 1 amide bonds. The maximum atomic E-state index is 12.0. The monoisotopic (exact) mass is 285 g/mol. The second-order valence-electron chi connectivity index (χ2n) is 4.40. The molecule has 1 N–H and O–H groups in total. The fraction of sp³-hybridized carbons (Fsp3) is 0.0667. The summed E-state index contributed by atoms with van der Waals surface area (Å²) in [5.74, 6) is -0.162. The Labute approximate surface area is 121 Å². The van der Waals surface area contributed by atoms with Crippen LogP contribution in [0, 0.1) is 0 Å². The molecule has 4 nitrogen and oxygen atoms in total. The zero-order chi connectivity index (χ0) is 13.9. The number of amides is 1. The Bertz CT molecular complexity index is 733. The van der Waals surface area contributed by atoms with Crippen molar-refractivity contribution in [1.82, 2.24) is 14.9 Å². The van der Waals surface area contributed by atoms with Crippen LogP contribution in [-0.4, -0.2) is 15.5 Å². The predicted molar refractivity (Wildman–Crippen MR) is 77.8 cm³/mol. The lowest BCUT2D eigenvalue weighted by atomic mass is 10.2. The molecule has 0 saturated heterocycles. The van der Waals surface area contributed by atoms with Gasteiger partial charge >= 0.3 is 0 Å². The van der Waals surface area contributed by atoms with Crippen LogP contribution >= 0.6 is 11.6 Å². The molecule has 0 aliphatic carbocycles. The van der Waals surface area contributed by atoms with Crippen molar-refractivity contribution in [2.75, 3.05) is 0 Å². The van der Waals surface area contributed by atoms with E-state index in [9.17, 15) is 4.79 Å². The van der Waals surface area contributed by atoms with Gasteiger partial charge in [0, 0.05) is 16.8 Å². The summed E-state index contributed by atoms with van der Waals surface area (Å²) in [6.07, 6.45) is 1.87. The fourth-order valence-electron chi connectivity index (χ4n) is 1.98. The van der Waals surface area contributed by atoms with Crippen molar-refractivity contribution < 1.29 is 4.79 Å². The van der Waals surface area contributed by atoms with Crippen LogP contribution < -0.4 is 5.32 Å². The van der Waals surface area contributed by atoms with Gasteiger partial charge in [-0.2, -0.15) is 5.10 Å². The van der Waals surface area contributed by atoms with Crippen LogP contribution in [0.25, 0.3) is 5.52 Å². The number of aromatic nitrogens is 2. The van der Waals surface area contributed by atoms with Gasteiger partial charge in [0.2, 0.25) is 0 Å². The average Bonchev–Trinajstić information content (AvgIpc) is 2.87. The standard InChI is InChI=1S/C15H12ClN3O/c16-12-5-3-4-11(8-12)15(20)17-10-13-9-14-6-1-2-7-19(14)18-13/h1-9H,10H2,(H,17,20). The number of hydrogen-bond acceptors (Lipinski definition) is 2. The molecule has 0 aliphatic heterocycles. The van der Waals surface area contributed by atoms with E-state index in [2.05, 4.69) is 10.4 Å². The van der Waals surface area contributed by atoms with E-state index in [0.717, 1.165) is 11.2 Å². The number of fused-ring (bicyclic) bond motifs is 1. The minimum absolute atomic E-state index is 0.162. The average molecular weight is 286 g/mol. The summed E-state index contributed by atoms with van der Waals surface area (Å²) in [6.45, 7) is 0.382. The zero-order valence-corrected chi connectivity index (χ0v) is 11.3. The van der Waals surface area contributed by atoms with E-state index in [0.29, 0.717) is 17.1 Å². The lowest BCUT2D eigenvalue weighted by Crippen LogP contribution is -2.22. The Hall–Kier alpha value is -2.33. The molecule has 20 heavy (non-hydrogen) atoms. The van der Waals surface area contributed by atoms with Gasteiger partial charge in [-0.15, -0.1) is 0 Å². The summed E-state index contributed by atoms with van der Waals surface area (Å²) < 4.78 is 1.78. The molecule has 3 aromatic rings. The molecule has 0 spiro atoms. The third-order valence-corrected chi connectivity index (χ3v) is 3.17. The van der Waals surface area contributed by atoms with Gasteiger partial charge < -0.3 is 5.32 Å². The first kappa shape index (κ1) is 12.7. The summed E-state index contributed by atoms with van der Waals surface area (Å²) in [7, 11) is 0. The SMILES string of the molecule is O=C(NCc1cc2ccccn2n1)c1cccc(Cl)c1. The van der Waals surface area contributed by atoms with E-state index in [-0.39, 0.29) is 5.91 Å². The first-order valence-corrected chi connectivity index (χ1v) is 6.57. The molecule has 0 bridgehead atoms. The van der Waals surface area contributed by atoms with Crippen LogP contribution in [0.4, 0.5) is 0 Å². The van der Waals surface area contributed by atoms with E-state index in [1.54, 1.807) is 28.8 Å². The summed E-state index contributed by atoms with van der Waals surface area (Å²) in [5, 5.41) is 7.75. The van der Waals surface area contributed by atoms with Crippen molar-refractivity contribution in [3.05, 3.63) is 71.0 Å². The molecule has 1 aromatic carbocycles. The normalized spacial score (nSPS) is 10.7. The molecule has 0 unspecified atom stereocenters. The number of nitrogens with zero attached hydrogens (tertiary/aromatic N) is 2. The van der Waals surface area contributed by atoms with E-state index in [1.807, 2.05) is 30.5 Å². The lowest BCUT2D eigenvalue weighted by molar-refractivity contribution is 0.0950. The molecule has 100 valence electrons. The second-order valence-corrected chi connectivity index (χ2v) is 4.84. The lowest BCUT2D eigenvalue weighted by Gasteiger charge is -2.03. The Morgan fingerprint density at radius 2 is 2.10 bits per heavy atom. The molecule has 0 radical (unpaired) electrons. The zero-order valence-electron chi connectivity index (χ0n) is 10.6. The molecule has 0 aliphatic rings. The topological polar surface area (TPSA) is 46.4 Å². The largest absolute Gasteiger partial charge is 0.346 e. The number of benzene rings is 1. The van der Waals surface area contributed by atoms with Crippen molar-refractivity contribution in [1.29, 1.82) is 0 Å². The summed E-state index contributed by atoms with van der Waals surface area (Å²) >= 11 is 5.86. The third kappa shape index (κ3) is 2.65. The highest BCUT2D eigenvalue weighted by Crippen LogP contribution is 2.11. The van der Waals surface area contributed by atoms with E-state index >= 15 is 0 Å². The number of halogens is 1. The van der Waals surface area contributed by atoms with Crippen molar-refractivity contribution in [2.24, 2.45) is 0 Å². The number of pyridine rings is 1. The van der Waals surface area contributed by atoms with E-state index in [1.165, 1.54) is 0 Å². The molecule has 5 heteroatoms.